The van der Waals surface area contributed by atoms with E-state index in [2.05, 4.69) is 4.74 Å². The molecule has 23 heavy (non-hydrogen) atoms. The number of esters is 2. The normalized spacial score (nSPS) is 30.5. The second-order valence-corrected chi connectivity index (χ2v) is 5.27. The fourth-order valence-corrected chi connectivity index (χ4v) is 2.45. The van der Waals surface area contributed by atoms with Gasteiger partial charge in [-0.1, -0.05) is 25.1 Å². The molecule has 1 saturated heterocycles. The lowest BCUT2D eigenvalue weighted by molar-refractivity contribution is -0.273. The molecule has 0 saturated carbocycles. The van der Waals surface area contributed by atoms with Gasteiger partial charge in [-0.15, -0.1) is 0 Å². The SMILES string of the molecule is COC(=O)C1O[C@@H](OC)C(OC(=O)c2ccccc2)[C@@H](C)[C@@H]1O. The highest BCUT2D eigenvalue weighted by Gasteiger charge is 2.48. The van der Waals surface area contributed by atoms with E-state index >= 15 is 0 Å². The number of ether oxygens (including phenoxy) is 4. The predicted octanol–water partition coefficient (Wildman–Crippen LogP) is 0.753. The van der Waals surface area contributed by atoms with E-state index in [9.17, 15) is 14.7 Å². The Labute approximate surface area is 134 Å². The summed E-state index contributed by atoms with van der Waals surface area (Å²) in [5.74, 6) is -1.85. The van der Waals surface area contributed by atoms with E-state index in [0.29, 0.717) is 5.56 Å². The zero-order valence-electron chi connectivity index (χ0n) is 13.2. The molecule has 1 aromatic rings. The van der Waals surface area contributed by atoms with Crippen molar-refractivity contribution in [3.8, 4) is 0 Å². The number of rotatable bonds is 4. The van der Waals surface area contributed by atoms with E-state index in [-0.39, 0.29) is 0 Å². The molecule has 7 nitrogen and oxygen atoms in total. The summed E-state index contributed by atoms with van der Waals surface area (Å²) in [4.78, 5) is 23.9. The summed E-state index contributed by atoms with van der Waals surface area (Å²) in [6, 6.07) is 8.45. The van der Waals surface area contributed by atoms with Crippen LogP contribution in [0.1, 0.15) is 17.3 Å². The highest BCUT2D eigenvalue weighted by Crippen LogP contribution is 2.30. The van der Waals surface area contributed by atoms with Gasteiger partial charge in [-0.25, -0.2) is 9.59 Å². The number of carbonyl (C=O) groups is 2. The molecule has 1 N–H and O–H groups in total. The Morgan fingerprint density at radius 3 is 2.39 bits per heavy atom. The Balaban J connectivity index is 2.14. The lowest BCUT2D eigenvalue weighted by atomic mass is 9.90. The molecule has 1 aliphatic heterocycles. The molecule has 5 atom stereocenters. The van der Waals surface area contributed by atoms with Crippen LogP contribution in [-0.4, -0.2) is 55.9 Å². The summed E-state index contributed by atoms with van der Waals surface area (Å²) >= 11 is 0. The lowest BCUT2D eigenvalue weighted by Crippen LogP contribution is -2.57. The van der Waals surface area contributed by atoms with Crippen molar-refractivity contribution in [2.75, 3.05) is 14.2 Å². The maximum absolute atomic E-state index is 12.2. The maximum atomic E-state index is 12.2. The molecule has 1 aliphatic rings. The van der Waals surface area contributed by atoms with Gasteiger partial charge in [0.2, 0.25) is 0 Å². The van der Waals surface area contributed by atoms with E-state index in [1.54, 1.807) is 37.3 Å². The number of hydrogen-bond donors (Lipinski definition) is 1. The Morgan fingerprint density at radius 2 is 1.83 bits per heavy atom. The van der Waals surface area contributed by atoms with Crippen molar-refractivity contribution in [2.45, 2.75) is 31.5 Å². The summed E-state index contributed by atoms with van der Waals surface area (Å²) in [6.07, 6.45) is -4.21. The summed E-state index contributed by atoms with van der Waals surface area (Å²) in [5, 5.41) is 10.2. The molecule has 1 fully saturated rings. The monoisotopic (exact) mass is 324 g/mol. The highest BCUT2D eigenvalue weighted by molar-refractivity contribution is 5.89. The van der Waals surface area contributed by atoms with E-state index in [1.807, 2.05) is 0 Å². The minimum Gasteiger partial charge on any atom is -0.467 e. The first-order valence-corrected chi connectivity index (χ1v) is 7.19. The van der Waals surface area contributed by atoms with Crippen LogP contribution in [0.4, 0.5) is 0 Å². The smallest absolute Gasteiger partial charge is 0.338 e. The summed E-state index contributed by atoms with van der Waals surface area (Å²) in [7, 11) is 2.57. The van der Waals surface area contributed by atoms with Crippen molar-refractivity contribution >= 4 is 11.9 Å². The van der Waals surface area contributed by atoms with Crippen molar-refractivity contribution < 1.29 is 33.6 Å². The van der Waals surface area contributed by atoms with E-state index in [1.165, 1.54) is 14.2 Å². The van der Waals surface area contributed by atoms with Crippen molar-refractivity contribution in [3.05, 3.63) is 35.9 Å². The molecule has 0 amide bonds. The van der Waals surface area contributed by atoms with Gasteiger partial charge in [0.05, 0.1) is 18.8 Å². The van der Waals surface area contributed by atoms with Gasteiger partial charge in [0.25, 0.3) is 0 Å². The molecular weight excluding hydrogens is 304 g/mol. The third kappa shape index (κ3) is 3.69. The van der Waals surface area contributed by atoms with Crippen LogP contribution in [0.3, 0.4) is 0 Å². The van der Waals surface area contributed by atoms with Gasteiger partial charge >= 0.3 is 11.9 Å². The van der Waals surface area contributed by atoms with Gasteiger partial charge in [0.1, 0.15) is 0 Å². The Bertz CT molecular complexity index is 543. The molecule has 1 heterocycles. The number of aliphatic hydroxyl groups excluding tert-OH is 1. The minimum atomic E-state index is -1.19. The zero-order chi connectivity index (χ0) is 17.0. The molecule has 7 heteroatoms. The number of hydrogen-bond acceptors (Lipinski definition) is 7. The average Bonchev–Trinajstić information content (AvgIpc) is 2.59. The number of carbonyl (C=O) groups excluding carboxylic acids is 2. The predicted molar refractivity (Wildman–Crippen MR) is 78.5 cm³/mol. The molecular formula is C16H20O7. The van der Waals surface area contributed by atoms with Gasteiger partial charge in [-0.2, -0.15) is 0 Å². The fraction of sp³-hybridized carbons (Fsp3) is 0.500. The van der Waals surface area contributed by atoms with Crippen molar-refractivity contribution in [2.24, 2.45) is 5.92 Å². The average molecular weight is 324 g/mol. The molecule has 0 bridgehead atoms. The third-order valence-corrected chi connectivity index (χ3v) is 3.83. The van der Waals surface area contributed by atoms with Crippen molar-refractivity contribution in [1.29, 1.82) is 0 Å². The molecule has 2 unspecified atom stereocenters. The number of benzene rings is 1. The first kappa shape index (κ1) is 17.4. The van der Waals surface area contributed by atoms with Crippen molar-refractivity contribution in [3.63, 3.8) is 0 Å². The molecule has 0 aliphatic carbocycles. The lowest BCUT2D eigenvalue weighted by Gasteiger charge is -2.41. The first-order chi connectivity index (χ1) is 11.0. The van der Waals surface area contributed by atoms with Crippen LogP contribution >= 0.6 is 0 Å². The number of aliphatic hydroxyl groups is 1. The zero-order valence-corrected chi connectivity index (χ0v) is 13.2. The van der Waals surface area contributed by atoms with Gasteiger partial charge in [0, 0.05) is 13.0 Å². The van der Waals surface area contributed by atoms with Crippen LogP contribution in [-0.2, 0) is 23.7 Å². The fourth-order valence-electron chi connectivity index (χ4n) is 2.45. The van der Waals surface area contributed by atoms with E-state index < -0.39 is 42.5 Å². The van der Waals surface area contributed by atoms with Gasteiger partial charge in [-0.05, 0) is 12.1 Å². The molecule has 126 valence electrons. The Morgan fingerprint density at radius 1 is 1.17 bits per heavy atom. The Kier molecular flexibility index (Phi) is 5.70. The van der Waals surface area contributed by atoms with Crippen LogP contribution in [0, 0.1) is 5.92 Å². The molecule has 0 spiro atoms. The molecule has 0 aromatic heterocycles. The van der Waals surface area contributed by atoms with Crippen LogP contribution < -0.4 is 0 Å². The molecule has 0 radical (unpaired) electrons. The minimum absolute atomic E-state index is 0.374. The largest absolute Gasteiger partial charge is 0.467 e. The quantitative estimate of drug-likeness (QED) is 0.817. The Hall–Kier alpha value is -1.96. The second-order valence-electron chi connectivity index (χ2n) is 5.27. The van der Waals surface area contributed by atoms with Crippen LogP contribution in [0.2, 0.25) is 0 Å². The van der Waals surface area contributed by atoms with Gasteiger partial charge < -0.3 is 24.1 Å². The van der Waals surface area contributed by atoms with E-state index in [0.717, 1.165) is 0 Å². The van der Waals surface area contributed by atoms with Crippen LogP contribution in [0.25, 0.3) is 0 Å². The van der Waals surface area contributed by atoms with Crippen LogP contribution in [0.5, 0.6) is 0 Å². The topological polar surface area (TPSA) is 91.3 Å². The molecule has 2 rings (SSSR count). The van der Waals surface area contributed by atoms with E-state index in [4.69, 9.17) is 14.2 Å². The van der Waals surface area contributed by atoms with Crippen LogP contribution in [0.15, 0.2) is 30.3 Å². The summed E-state index contributed by atoms with van der Waals surface area (Å²) in [5.41, 5.74) is 0.374. The molecule has 1 aromatic carbocycles. The number of methoxy groups -OCH3 is 2. The first-order valence-electron chi connectivity index (χ1n) is 7.19. The standard InChI is InChI=1S/C16H20O7/c1-9-11(17)13(15(19)20-2)23-16(21-3)12(9)22-14(18)10-7-5-4-6-8-10/h4-9,11-13,16-17H,1-3H3/t9-,11-,12?,13?,16+/m0/s1. The van der Waals surface area contributed by atoms with Crippen molar-refractivity contribution in [1.82, 2.24) is 0 Å². The summed E-state index contributed by atoms with van der Waals surface area (Å²) in [6.45, 7) is 1.65. The second kappa shape index (κ2) is 7.54. The third-order valence-electron chi connectivity index (χ3n) is 3.83. The maximum Gasteiger partial charge on any atom is 0.338 e. The summed E-state index contributed by atoms with van der Waals surface area (Å²) < 4.78 is 20.6. The highest BCUT2D eigenvalue weighted by atomic mass is 16.7. The van der Waals surface area contributed by atoms with Gasteiger partial charge in [0.15, 0.2) is 18.5 Å². The van der Waals surface area contributed by atoms with Gasteiger partial charge in [-0.3, -0.25) is 0 Å².